The van der Waals surface area contributed by atoms with Crippen molar-refractivity contribution >= 4 is 0 Å². The van der Waals surface area contributed by atoms with Gasteiger partial charge >= 0.3 is 0 Å². The first-order chi connectivity index (χ1) is 5.36. The molecule has 0 aromatic rings. The lowest BCUT2D eigenvalue weighted by Crippen LogP contribution is -2.41. The minimum Gasteiger partial charge on any atom is -0.394 e. The van der Waals surface area contributed by atoms with Crippen LogP contribution in [0.5, 0.6) is 0 Å². The molecule has 0 bridgehead atoms. The van der Waals surface area contributed by atoms with E-state index in [1.807, 2.05) is 0 Å². The normalized spacial score (nSPS) is 32.2. The van der Waals surface area contributed by atoms with Gasteiger partial charge in [-0.15, -0.1) is 0 Å². The third-order valence-corrected chi connectivity index (χ3v) is 1.95. The molecule has 1 saturated heterocycles. The van der Waals surface area contributed by atoms with Crippen LogP contribution in [0.3, 0.4) is 0 Å². The molecule has 1 fully saturated rings. The predicted molar refractivity (Wildman–Crippen MR) is 40.1 cm³/mol. The molecule has 0 aromatic carbocycles. The van der Waals surface area contributed by atoms with E-state index in [0.29, 0.717) is 6.61 Å². The maximum atomic E-state index is 8.71. The average Bonchev–Trinajstić information content (AvgIpc) is 2.07. The maximum absolute atomic E-state index is 8.71. The van der Waals surface area contributed by atoms with Crippen molar-refractivity contribution in [3.8, 4) is 0 Å². The highest BCUT2D eigenvalue weighted by atomic mass is 16.5. The van der Waals surface area contributed by atoms with Crippen LogP contribution in [0.4, 0.5) is 0 Å². The van der Waals surface area contributed by atoms with Crippen LogP contribution in [0.1, 0.15) is 12.8 Å². The maximum Gasteiger partial charge on any atom is 0.0934 e. The van der Waals surface area contributed by atoms with Crippen molar-refractivity contribution in [1.82, 2.24) is 5.32 Å². The third-order valence-electron chi connectivity index (χ3n) is 1.95. The highest BCUT2D eigenvalue weighted by Crippen LogP contribution is 2.12. The number of rotatable bonds is 3. The minimum absolute atomic E-state index is 0.00216. The standard InChI is InChI=1S/C7H15NO3/c9-3-7-2-1-6(4-11-7)8-5-10/h6-10H,1-5H2/t6?,7-/m0/s1. The van der Waals surface area contributed by atoms with Gasteiger partial charge in [0.15, 0.2) is 0 Å². The van der Waals surface area contributed by atoms with E-state index >= 15 is 0 Å². The number of aliphatic hydroxyl groups excluding tert-OH is 2. The Labute approximate surface area is 66.2 Å². The molecule has 11 heavy (non-hydrogen) atoms. The van der Waals surface area contributed by atoms with Gasteiger partial charge < -0.3 is 14.9 Å². The second-order valence-electron chi connectivity index (χ2n) is 2.77. The number of aliphatic hydroxyl groups is 2. The quantitative estimate of drug-likeness (QED) is 0.468. The van der Waals surface area contributed by atoms with Crippen molar-refractivity contribution in [3.05, 3.63) is 0 Å². The van der Waals surface area contributed by atoms with E-state index in [1.54, 1.807) is 0 Å². The third kappa shape index (κ3) is 2.75. The summed E-state index contributed by atoms with van der Waals surface area (Å²) in [6.45, 7) is 0.690. The van der Waals surface area contributed by atoms with Crippen molar-refractivity contribution in [2.75, 3.05) is 19.9 Å². The molecule has 3 N–H and O–H groups in total. The molecule has 1 aliphatic heterocycles. The zero-order valence-corrected chi connectivity index (χ0v) is 6.49. The van der Waals surface area contributed by atoms with Gasteiger partial charge in [-0.2, -0.15) is 0 Å². The molecule has 1 aliphatic rings. The summed E-state index contributed by atoms with van der Waals surface area (Å²) in [5, 5.41) is 20.1. The number of nitrogens with one attached hydrogen (secondary N) is 1. The highest BCUT2D eigenvalue weighted by Gasteiger charge is 2.19. The Morgan fingerprint density at radius 1 is 1.36 bits per heavy atom. The molecular formula is C7H15NO3. The molecule has 0 aliphatic carbocycles. The average molecular weight is 161 g/mol. The fourth-order valence-corrected chi connectivity index (χ4v) is 1.24. The van der Waals surface area contributed by atoms with Gasteiger partial charge in [0.2, 0.25) is 0 Å². The van der Waals surface area contributed by atoms with Crippen LogP contribution in [0.15, 0.2) is 0 Å². The summed E-state index contributed by atoms with van der Waals surface area (Å²) in [5.41, 5.74) is 0. The Bertz CT molecular complexity index is 102. The summed E-state index contributed by atoms with van der Waals surface area (Å²) in [5.74, 6) is 0. The van der Waals surface area contributed by atoms with E-state index in [-0.39, 0.29) is 25.5 Å². The fourth-order valence-electron chi connectivity index (χ4n) is 1.24. The summed E-state index contributed by atoms with van der Waals surface area (Å²) in [6, 6.07) is 0.253. The van der Waals surface area contributed by atoms with E-state index in [4.69, 9.17) is 14.9 Å². The summed E-state index contributed by atoms with van der Waals surface area (Å²) in [4.78, 5) is 0. The predicted octanol–water partition coefficient (Wildman–Crippen LogP) is -0.934. The molecule has 0 aromatic heterocycles. The van der Waals surface area contributed by atoms with E-state index < -0.39 is 0 Å². The van der Waals surface area contributed by atoms with Crippen molar-refractivity contribution in [3.63, 3.8) is 0 Å². The van der Waals surface area contributed by atoms with Gasteiger partial charge in [-0.05, 0) is 12.8 Å². The monoisotopic (exact) mass is 161 g/mol. The van der Waals surface area contributed by atoms with Crippen LogP contribution < -0.4 is 5.32 Å². The largest absolute Gasteiger partial charge is 0.394 e. The van der Waals surface area contributed by atoms with Gasteiger partial charge in [0.05, 0.1) is 26.0 Å². The lowest BCUT2D eigenvalue weighted by molar-refractivity contribution is -0.0349. The second kappa shape index (κ2) is 4.66. The van der Waals surface area contributed by atoms with Gasteiger partial charge in [-0.1, -0.05) is 0 Å². The van der Waals surface area contributed by atoms with Crippen molar-refractivity contribution < 1.29 is 14.9 Å². The first-order valence-corrected chi connectivity index (χ1v) is 3.93. The van der Waals surface area contributed by atoms with E-state index in [2.05, 4.69) is 5.32 Å². The zero-order valence-electron chi connectivity index (χ0n) is 6.49. The van der Waals surface area contributed by atoms with Crippen LogP contribution >= 0.6 is 0 Å². The van der Waals surface area contributed by atoms with Gasteiger partial charge in [0, 0.05) is 6.04 Å². The van der Waals surface area contributed by atoms with Gasteiger partial charge in [-0.25, -0.2) is 0 Å². The zero-order chi connectivity index (χ0) is 8.10. The molecule has 1 heterocycles. The van der Waals surface area contributed by atoms with Crippen molar-refractivity contribution in [1.29, 1.82) is 0 Å². The molecule has 1 rings (SSSR count). The van der Waals surface area contributed by atoms with E-state index in [9.17, 15) is 0 Å². The van der Waals surface area contributed by atoms with Gasteiger partial charge in [0.25, 0.3) is 0 Å². The van der Waals surface area contributed by atoms with Gasteiger partial charge in [-0.3, -0.25) is 5.32 Å². The van der Waals surface area contributed by atoms with E-state index in [1.165, 1.54) is 0 Å². The van der Waals surface area contributed by atoms with Crippen molar-refractivity contribution in [2.45, 2.75) is 25.0 Å². The van der Waals surface area contributed by atoms with Crippen LogP contribution in [0.25, 0.3) is 0 Å². The summed E-state index contributed by atoms with van der Waals surface area (Å²) in [7, 11) is 0. The molecule has 2 atom stereocenters. The Kier molecular flexibility index (Phi) is 3.79. The molecule has 0 radical (unpaired) electrons. The van der Waals surface area contributed by atoms with Crippen LogP contribution in [-0.2, 0) is 4.74 Å². The molecule has 4 heteroatoms. The van der Waals surface area contributed by atoms with Crippen LogP contribution in [0, 0.1) is 0 Å². The fraction of sp³-hybridized carbons (Fsp3) is 1.00. The smallest absolute Gasteiger partial charge is 0.0934 e. The molecule has 66 valence electrons. The number of hydrogen-bond donors (Lipinski definition) is 3. The SMILES string of the molecule is OCNC1CC[C@@H](CO)OC1. The molecular weight excluding hydrogens is 146 g/mol. The first-order valence-electron chi connectivity index (χ1n) is 3.93. The first kappa shape index (κ1) is 8.93. The Balaban J connectivity index is 2.14. The molecule has 0 saturated carbocycles. The van der Waals surface area contributed by atoms with Crippen LogP contribution in [-0.4, -0.2) is 42.3 Å². The molecule has 0 amide bonds. The molecule has 4 nitrogen and oxygen atoms in total. The summed E-state index contributed by atoms with van der Waals surface area (Å²) < 4.78 is 5.27. The molecule has 1 unspecified atom stereocenters. The summed E-state index contributed by atoms with van der Waals surface area (Å²) in [6.07, 6.45) is 1.84. The molecule has 0 spiro atoms. The lowest BCUT2D eigenvalue weighted by atomic mass is 10.1. The second-order valence-corrected chi connectivity index (χ2v) is 2.77. The van der Waals surface area contributed by atoms with Crippen molar-refractivity contribution in [2.24, 2.45) is 0 Å². The Hall–Kier alpha value is -0.160. The lowest BCUT2D eigenvalue weighted by Gasteiger charge is -2.27. The minimum atomic E-state index is -0.00216. The number of ether oxygens (including phenoxy) is 1. The van der Waals surface area contributed by atoms with Crippen LogP contribution in [0.2, 0.25) is 0 Å². The summed E-state index contributed by atoms with van der Waals surface area (Å²) >= 11 is 0. The number of hydrogen-bond acceptors (Lipinski definition) is 4. The highest BCUT2D eigenvalue weighted by molar-refractivity contribution is 4.73. The van der Waals surface area contributed by atoms with E-state index in [0.717, 1.165) is 12.8 Å². The topological polar surface area (TPSA) is 61.7 Å². The Morgan fingerprint density at radius 2 is 2.18 bits per heavy atom. The Morgan fingerprint density at radius 3 is 2.64 bits per heavy atom. The van der Waals surface area contributed by atoms with Gasteiger partial charge in [0.1, 0.15) is 0 Å².